The number of nitrogens with zero attached hydrogens (tertiary/aromatic N) is 2. The van der Waals surface area contributed by atoms with Crippen LogP contribution in [0.15, 0.2) is 12.4 Å². The molecule has 13 heavy (non-hydrogen) atoms. The fourth-order valence-corrected chi connectivity index (χ4v) is 1.76. The molecular weight excluding hydrogens is 164 g/mol. The van der Waals surface area contributed by atoms with Gasteiger partial charge in [-0.3, -0.25) is 4.68 Å². The molecule has 1 aliphatic heterocycles. The van der Waals surface area contributed by atoms with E-state index in [0.717, 1.165) is 25.7 Å². The van der Waals surface area contributed by atoms with E-state index in [1.54, 1.807) is 0 Å². The van der Waals surface area contributed by atoms with Gasteiger partial charge in [0.1, 0.15) is 0 Å². The van der Waals surface area contributed by atoms with Crippen LogP contribution in [0.1, 0.15) is 18.4 Å². The third-order valence-electron chi connectivity index (χ3n) is 2.55. The van der Waals surface area contributed by atoms with Crippen LogP contribution in [-0.4, -0.2) is 23.0 Å². The molecule has 1 fully saturated rings. The van der Waals surface area contributed by atoms with Crippen LogP contribution in [0.3, 0.4) is 0 Å². The lowest BCUT2D eigenvalue weighted by Crippen LogP contribution is -2.20. The zero-order valence-electron chi connectivity index (χ0n) is 8.07. The van der Waals surface area contributed by atoms with E-state index in [9.17, 15) is 0 Å². The van der Waals surface area contributed by atoms with Crippen LogP contribution in [0.25, 0.3) is 0 Å². The highest BCUT2D eigenvalue weighted by Gasteiger charge is 2.14. The van der Waals surface area contributed by atoms with Crippen molar-refractivity contribution >= 4 is 0 Å². The Morgan fingerprint density at radius 1 is 1.54 bits per heavy atom. The summed E-state index contributed by atoms with van der Waals surface area (Å²) in [5.74, 6) is 0.757. The van der Waals surface area contributed by atoms with Crippen molar-refractivity contribution in [3.63, 3.8) is 0 Å². The number of hydrogen-bond donors (Lipinski definition) is 0. The van der Waals surface area contributed by atoms with Crippen molar-refractivity contribution in [2.45, 2.75) is 26.3 Å². The van der Waals surface area contributed by atoms with E-state index in [0.29, 0.717) is 0 Å². The molecule has 0 spiro atoms. The molecule has 72 valence electrons. The van der Waals surface area contributed by atoms with Crippen molar-refractivity contribution in [2.75, 3.05) is 13.2 Å². The lowest BCUT2D eigenvalue weighted by molar-refractivity contribution is 0.0601. The van der Waals surface area contributed by atoms with Crippen molar-refractivity contribution in [1.29, 1.82) is 0 Å². The SMILES string of the molecule is Cc1cnn(CC2CCOCC2)c1. The first-order chi connectivity index (χ1) is 6.34. The quantitative estimate of drug-likeness (QED) is 0.691. The van der Waals surface area contributed by atoms with Gasteiger partial charge in [0, 0.05) is 26.0 Å². The average molecular weight is 180 g/mol. The Balaban J connectivity index is 1.89. The Bertz CT molecular complexity index is 264. The van der Waals surface area contributed by atoms with Crippen molar-refractivity contribution in [3.8, 4) is 0 Å². The van der Waals surface area contributed by atoms with E-state index in [-0.39, 0.29) is 0 Å². The highest BCUT2D eigenvalue weighted by molar-refractivity contribution is 4.99. The predicted octanol–water partition coefficient (Wildman–Crippen LogP) is 1.62. The van der Waals surface area contributed by atoms with Crippen LogP contribution in [0.2, 0.25) is 0 Å². The molecule has 0 amide bonds. The minimum Gasteiger partial charge on any atom is -0.381 e. The highest BCUT2D eigenvalue weighted by atomic mass is 16.5. The summed E-state index contributed by atoms with van der Waals surface area (Å²) >= 11 is 0. The number of aryl methyl sites for hydroxylation is 1. The topological polar surface area (TPSA) is 27.1 Å². The maximum Gasteiger partial charge on any atom is 0.0518 e. The van der Waals surface area contributed by atoms with Gasteiger partial charge < -0.3 is 4.74 Å². The van der Waals surface area contributed by atoms with Gasteiger partial charge in [0.25, 0.3) is 0 Å². The molecule has 1 aromatic rings. The summed E-state index contributed by atoms with van der Waals surface area (Å²) in [6, 6.07) is 0. The third-order valence-corrected chi connectivity index (χ3v) is 2.55. The smallest absolute Gasteiger partial charge is 0.0518 e. The van der Waals surface area contributed by atoms with Crippen LogP contribution in [0.5, 0.6) is 0 Å². The van der Waals surface area contributed by atoms with Crippen LogP contribution >= 0.6 is 0 Å². The maximum absolute atomic E-state index is 5.31. The van der Waals surface area contributed by atoms with E-state index in [1.165, 1.54) is 18.4 Å². The monoisotopic (exact) mass is 180 g/mol. The van der Waals surface area contributed by atoms with Gasteiger partial charge in [0.2, 0.25) is 0 Å². The summed E-state index contributed by atoms with van der Waals surface area (Å²) in [4.78, 5) is 0. The van der Waals surface area contributed by atoms with E-state index >= 15 is 0 Å². The molecule has 1 saturated heterocycles. The molecule has 0 saturated carbocycles. The first kappa shape index (κ1) is 8.75. The van der Waals surface area contributed by atoms with Crippen molar-refractivity contribution in [2.24, 2.45) is 5.92 Å². The number of rotatable bonds is 2. The number of ether oxygens (including phenoxy) is 1. The maximum atomic E-state index is 5.31. The minimum absolute atomic E-state index is 0.757. The molecular formula is C10H16N2O. The summed E-state index contributed by atoms with van der Waals surface area (Å²) in [6.45, 7) is 4.97. The Kier molecular flexibility index (Phi) is 2.64. The lowest BCUT2D eigenvalue weighted by atomic mass is 10.0. The van der Waals surface area contributed by atoms with Crippen molar-refractivity contribution < 1.29 is 4.74 Å². The van der Waals surface area contributed by atoms with Gasteiger partial charge in [-0.15, -0.1) is 0 Å². The van der Waals surface area contributed by atoms with Gasteiger partial charge in [-0.25, -0.2) is 0 Å². The molecule has 0 atom stereocenters. The zero-order valence-corrected chi connectivity index (χ0v) is 8.07. The van der Waals surface area contributed by atoms with Crippen molar-refractivity contribution in [3.05, 3.63) is 18.0 Å². The Hall–Kier alpha value is -0.830. The van der Waals surface area contributed by atoms with Gasteiger partial charge >= 0.3 is 0 Å². The Morgan fingerprint density at radius 3 is 2.92 bits per heavy atom. The molecule has 3 heteroatoms. The lowest BCUT2D eigenvalue weighted by Gasteiger charge is -2.21. The van der Waals surface area contributed by atoms with E-state index in [4.69, 9.17) is 4.74 Å². The van der Waals surface area contributed by atoms with Gasteiger partial charge in [-0.05, 0) is 31.2 Å². The second kappa shape index (κ2) is 3.92. The summed E-state index contributed by atoms with van der Waals surface area (Å²) in [7, 11) is 0. The summed E-state index contributed by atoms with van der Waals surface area (Å²) in [5.41, 5.74) is 1.24. The molecule has 1 aliphatic rings. The van der Waals surface area contributed by atoms with Crippen LogP contribution in [-0.2, 0) is 11.3 Å². The van der Waals surface area contributed by atoms with E-state index < -0.39 is 0 Å². The first-order valence-electron chi connectivity index (χ1n) is 4.91. The molecule has 1 aromatic heterocycles. The number of aromatic nitrogens is 2. The van der Waals surface area contributed by atoms with Crippen LogP contribution in [0, 0.1) is 12.8 Å². The molecule has 0 N–H and O–H groups in total. The standard InChI is InChI=1S/C10H16N2O/c1-9-6-11-12(7-9)8-10-2-4-13-5-3-10/h6-7,10H,2-5,8H2,1H3. The normalized spacial score (nSPS) is 19.2. The summed E-state index contributed by atoms with van der Waals surface area (Å²) < 4.78 is 7.36. The summed E-state index contributed by atoms with van der Waals surface area (Å²) in [5, 5.41) is 4.29. The fourth-order valence-electron chi connectivity index (χ4n) is 1.76. The molecule has 0 bridgehead atoms. The molecule has 0 aromatic carbocycles. The van der Waals surface area contributed by atoms with Gasteiger partial charge in [0.05, 0.1) is 6.20 Å². The van der Waals surface area contributed by atoms with E-state index in [2.05, 4.69) is 18.2 Å². The second-order valence-electron chi connectivity index (χ2n) is 3.80. The minimum atomic E-state index is 0.757. The third kappa shape index (κ3) is 2.31. The molecule has 0 unspecified atom stereocenters. The van der Waals surface area contributed by atoms with Crippen molar-refractivity contribution in [1.82, 2.24) is 9.78 Å². The molecule has 3 nitrogen and oxygen atoms in total. The number of hydrogen-bond acceptors (Lipinski definition) is 2. The zero-order chi connectivity index (χ0) is 9.10. The van der Waals surface area contributed by atoms with Crippen LogP contribution < -0.4 is 0 Å². The predicted molar refractivity (Wildman–Crippen MR) is 50.5 cm³/mol. The average Bonchev–Trinajstić information content (AvgIpc) is 2.53. The molecule has 2 heterocycles. The van der Waals surface area contributed by atoms with Gasteiger partial charge in [0.15, 0.2) is 0 Å². The van der Waals surface area contributed by atoms with E-state index in [1.807, 2.05) is 10.9 Å². The molecule has 0 aliphatic carbocycles. The summed E-state index contributed by atoms with van der Waals surface area (Å²) in [6.07, 6.45) is 6.38. The highest BCUT2D eigenvalue weighted by Crippen LogP contribution is 2.16. The second-order valence-corrected chi connectivity index (χ2v) is 3.80. The Labute approximate surface area is 78.7 Å². The van der Waals surface area contributed by atoms with Gasteiger partial charge in [-0.1, -0.05) is 0 Å². The fraction of sp³-hybridized carbons (Fsp3) is 0.700. The molecule has 0 radical (unpaired) electrons. The van der Waals surface area contributed by atoms with Crippen LogP contribution in [0.4, 0.5) is 0 Å². The molecule has 2 rings (SSSR count). The first-order valence-corrected chi connectivity index (χ1v) is 4.91. The van der Waals surface area contributed by atoms with Gasteiger partial charge in [-0.2, -0.15) is 5.10 Å². The Morgan fingerprint density at radius 2 is 2.31 bits per heavy atom. The largest absolute Gasteiger partial charge is 0.381 e.